The van der Waals surface area contributed by atoms with Gasteiger partial charge in [-0.05, 0) is 43.0 Å². The molecule has 1 N–H and O–H groups in total. The van der Waals surface area contributed by atoms with E-state index in [0.29, 0.717) is 11.5 Å². The molecule has 5 heteroatoms. The van der Waals surface area contributed by atoms with Crippen LogP contribution in [0, 0.1) is 5.92 Å². The number of halogens is 1. The standard InChI is InChI=1S/C14H20ClNO2S/c1-2-16-14(12-3-5-13(15)6-4-12)9-11-7-8-19(17,18)10-11/h3-6,11,14,16H,2,7-10H2,1H3. The van der Waals surface area contributed by atoms with Gasteiger partial charge in [0, 0.05) is 11.1 Å². The van der Waals surface area contributed by atoms with Crippen LogP contribution in [0.1, 0.15) is 31.4 Å². The van der Waals surface area contributed by atoms with Crippen LogP contribution in [0.4, 0.5) is 0 Å². The van der Waals surface area contributed by atoms with E-state index in [1.807, 2.05) is 24.3 Å². The average molecular weight is 302 g/mol. The van der Waals surface area contributed by atoms with Crippen molar-refractivity contribution in [3.05, 3.63) is 34.9 Å². The van der Waals surface area contributed by atoms with E-state index in [1.54, 1.807) is 0 Å². The van der Waals surface area contributed by atoms with E-state index in [-0.39, 0.29) is 12.0 Å². The fourth-order valence-electron chi connectivity index (χ4n) is 2.67. The van der Waals surface area contributed by atoms with Crippen molar-refractivity contribution < 1.29 is 8.42 Å². The third-order valence-corrected chi connectivity index (χ3v) is 5.71. The highest BCUT2D eigenvalue weighted by Gasteiger charge is 2.29. The number of benzene rings is 1. The molecule has 0 aromatic heterocycles. The maximum Gasteiger partial charge on any atom is 0.150 e. The van der Waals surface area contributed by atoms with Gasteiger partial charge in [-0.2, -0.15) is 0 Å². The first-order chi connectivity index (χ1) is 9.00. The van der Waals surface area contributed by atoms with Crippen LogP contribution >= 0.6 is 11.6 Å². The summed E-state index contributed by atoms with van der Waals surface area (Å²) in [7, 11) is -2.79. The van der Waals surface area contributed by atoms with Crippen molar-refractivity contribution in [1.82, 2.24) is 5.32 Å². The first kappa shape index (κ1) is 14.8. The Kier molecular flexibility index (Phi) is 4.87. The molecule has 1 aliphatic heterocycles. The molecule has 1 fully saturated rings. The molecule has 106 valence electrons. The zero-order chi connectivity index (χ0) is 13.9. The number of sulfone groups is 1. The van der Waals surface area contributed by atoms with E-state index in [0.717, 1.165) is 24.4 Å². The molecule has 0 saturated carbocycles. The van der Waals surface area contributed by atoms with Crippen molar-refractivity contribution in [1.29, 1.82) is 0 Å². The Morgan fingerprint density at radius 3 is 2.58 bits per heavy atom. The Bertz CT molecular complexity index is 513. The summed E-state index contributed by atoms with van der Waals surface area (Å²) in [6.07, 6.45) is 1.66. The molecule has 1 aromatic rings. The molecule has 1 aliphatic rings. The SMILES string of the molecule is CCNC(CC1CCS(=O)(=O)C1)c1ccc(Cl)cc1. The molecular formula is C14H20ClNO2S. The summed E-state index contributed by atoms with van der Waals surface area (Å²) in [5, 5.41) is 4.16. The summed E-state index contributed by atoms with van der Waals surface area (Å²) in [5.74, 6) is 0.948. The monoisotopic (exact) mass is 301 g/mol. The highest BCUT2D eigenvalue weighted by Crippen LogP contribution is 2.29. The fourth-order valence-corrected chi connectivity index (χ4v) is 4.68. The lowest BCUT2D eigenvalue weighted by Crippen LogP contribution is -2.24. The van der Waals surface area contributed by atoms with Gasteiger partial charge in [0.15, 0.2) is 9.84 Å². The molecule has 1 heterocycles. The molecule has 0 bridgehead atoms. The van der Waals surface area contributed by atoms with E-state index in [9.17, 15) is 8.42 Å². The lowest BCUT2D eigenvalue weighted by Gasteiger charge is -2.21. The van der Waals surface area contributed by atoms with E-state index < -0.39 is 9.84 Å². The normalized spacial score (nSPS) is 23.4. The van der Waals surface area contributed by atoms with E-state index in [1.165, 1.54) is 5.56 Å². The maximum absolute atomic E-state index is 11.5. The largest absolute Gasteiger partial charge is 0.310 e. The molecule has 0 aliphatic carbocycles. The topological polar surface area (TPSA) is 46.2 Å². The van der Waals surface area contributed by atoms with E-state index in [2.05, 4.69) is 12.2 Å². The predicted octanol–water partition coefficient (Wildman–Crippen LogP) is 2.82. The van der Waals surface area contributed by atoms with Crippen LogP contribution in [-0.2, 0) is 9.84 Å². The van der Waals surface area contributed by atoms with Gasteiger partial charge in [-0.15, -0.1) is 0 Å². The fraction of sp³-hybridized carbons (Fsp3) is 0.571. The van der Waals surface area contributed by atoms with Gasteiger partial charge < -0.3 is 5.32 Å². The van der Waals surface area contributed by atoms with Crippen LogP contribution in [0.3, 0.4) is 0 Å². The van der Waals surface area contributed by atoms with Crippen molar-refractivity contribution in [2.75, 3.05) is 18.1 Å². The van der Waals surface area contributed by atoms with Crippen LogP contribution in [0.15, 0.2) is 24.3 Å². The summed E-state index contributed by atoms with van der Waals surface area (Å²) >= 11 is 5.90. The van der Waals surface area contributed by atoms with Gasteiger partial charge in [-0.25, -0.2) is 8.42 Å². The van der Waals surface area contributed by atoms with Crippen LogP contribution in [-0.4, -0.2) is 26.5 Å². The summed E-state index contributed by atoms with van der Waals surface area (Å²) in [4.78, 5) is 0. The van der Waals surface area contributed by atoms with Crippen LogP contribution in [0.25, 0.3) is 0 Å². The summed E-state index contributed by atoms with van der Waals surface area (Å²) in [6.45, 7) is 2.93. The Balaban J connectivity index is 2.06. The lowest BCUT2D eigenvalue weighted by molar-refractivity contribution is 0.422. The zero-order valence-corrected chi connectivity index (χ0v) is 12.7. The Hall–Kier alpha value is -0.580. The Morgan fingerprint density at radius 1 is 1.37 bits per heavy atom. The van der Waals surface area contributed by atoms with Gasteiger partial charge in [-0.3, -0.25) is 0 Å². The molecule has 2 atom stereocenters. The van der Waals surface area contributed by atoms with Gasteiger partial charge in [0.1, 0.15) is 0 Å². The highest BCUT2D eigenvalue weighted by molar-refractivity contribution is 7.91. The number of rotatable bonds is 5. The minimum absolute atomic E-state index is 0.209. The first-order valence-electron chi connectivity index (χ1n) is 6.69. The summed E-state index contributed by atoms with van der Waals surface area (Å²) in [6, 6.07) is 8.00. The minimum atomic E-state index is -2.79. The van der Waals surface area contributed by atoms with Gasteiger partial charge in [0.2, 0.25) is 0 Å². The highest BCUT2D eigenvalue weighted by atomic mass is 35.5. The third kappa shape index (κ3) is 4.20. The molecule has 1 saturated heterocycles. The quantitative estimate of drug-likeness (QED) is 0.909. The number of hydrogen-bond donors (Lipinski definition) is 1. The molecular weight excluding hydrogens is 282 g/mol. The predicted molar refractivity (Wildman–Crippen MR) is 79.2 cm³/mol. The second-order valence-corrected chi connectivity index (χ2v) is 7.83. The second-order valence-electron chi connectivity index (χ2n) is 5.17. The van der Waals surface area contributed by atoms with Crippen molar-refractivity contribution in [3.63, 3.8) is 0 Å². The van der Waals surface area contributed by atoms with Gasteiger partial charge in [0.25, 0.3) is 0 Å². The minimum Gasteiger partial charge on any atom is -0.310 e. The molecule has 0 spiro atoms. The molecule has 2 unspecified atom stereocenters. The molecule has 2 rings (SSSR count). The smallest absolute Gasteiger partial charge is 0.150 e. The average Bonchev–Trinajstić information content (AvgIpc) is 2.69. The van der Waals surface area contributed by atoms with Crippen molar-refractivity contribution in [2.24, 2.45) is 5.92 Å². The first-order valence-corrected chi connectivity index (χ1v) is 8.89. The third-order valence-electron chi connectivity index (χ3n) is 3.62. The van der Waals surface area contributed by atoms with Crippen molar-refractivity contribution in [2.45, 2.75) is 25.8 Å². The lowest BCUT2D eigenvalue weighted by atomic mass is 9.94. The van der Waals surface area contributed by atoms with Crippen molar-refractivity contribution in [3.8, 4) is 0 Å². The summed E-state index contributed by atoms with van der Waals surface area (Å²) < 4.78 is 23.0. The molecule has 3 nitrogen and oxygen atoms in total. The van der Waals surface area contributed by atoms with Gasteiger partial charge >= 0.3 is 0 Å². The Labute approximate surface area is 120 Å². The van der Waals surface area contributed by atoms with Gasteiger partial charge in [0.05, 0.1) is 11.5 Å². The van der Waals surface area contributed by atoms with Crippen LogP contribution < -0.4 is 5.32 Å². The van der Waals surface area contributed by atoms with E-state index in [4.69, 9.17) is 11.6 Å². The van der Waals surface area contributed by atoms with Crippen molar-refractivity contribution >= 4 is 21.4 Å². The number of nitrogens with one attached hydrogen (secondary N) is 1. The van der Waals surface area contributed by atoms with Crippen LogP contribution in [0.5, 0.6) is 0 Å². The summed E-state index contributed by atoms with van der Waals surface area (Å²) in [5.41, 5.74) is 1.18. The van der Waals surface area contributed by atoms with Crippen LogP contribution in [0.2, 0.25) is 5.02 Å². The molecule has 0 amide bonds. The number of hydrogen-bond acceptors (Lipinski definition) is 3. The van der Waals surface area contributed by atoms with Gasteiger partial charge in [-0.1, -0.05) is 30.7 Å². The molecule has 19 heavy (non-hydrogen) atoms. The second kappa shape index (κ2) is 6.25. The molecule has 0 radical (unpaired) electrons. The Morgan fingerprint density at radius 2 is 2.05 bits per heavy atom. The molecule has 1 aromatic carbocycles. The zero-order valence-electron chi connectivity index (χ0n) is 11.1. The van der Waals surface area contributed by atoms with E-state index >= 15 is 0 Å². The maximum atomic E-state index is 11.5.